The molecule has 0 spiro atoms. The predicted molar refractivity (Wildman–Crippen MR) is 85.2 cm³/mol. The van der Waals surface area contributed by atoms with Crippen LogP contribution in [-0.4, -0.2) is 29.8 Å². The van der Waals surface area contributed by atoms with Gasteiger partial charge in [0.1, 0.15) is 11.3 Å². The number of aryl methyl sites for hydroxylation is 2. The number of hydrogen-bond donors (Lipinski definition) is 1. The van der Waals surface area contributed by atoms with Gasteiger partial charge in [-0.25, -0.2) is 0 Å². The standard InChI is InChI=1S/C18H26N2O3/c1-3-13-14(10(2)23-20-13)18(21)19-16-12-8-9-22-17(12)15(16)11-6-4-5-7-11/h11-12,15-17H,3-9H2,1-2H3,(H,19,21)/t12-,15+,16-,17-/m1/s1. The number of rotatable bonds is 4. The molecule has 23 heavy (non-hydrogen) atoms. The van der Waals surface area contributed by atoms with Crippen LogP contribution in [0.3, 0.4) is 0 Å². The summed E-state index contributed by atoms with van der Waals surface area (Å²) >= 11 is 0. The molecule has 1 N–H and O–H groups in total. The van der Waals surface area contributed by atoms with E-state index >= 15 is 0 Å². The number of aromatic nitrogens is 1. The second kappa shape index (κ2) is 5.93. The first-order valence-electron chi connectivity index (χ1n) is 9.08. The van der Waals surface area contributed by atoms with Crippen LogP contribution in [0.5, 0.6) is 0 Å². The Bertz CT molecular complexity index is 586. The van der Waals surface area contributed by atoms with E-state index in [0.717, 1.165) is 18.7 Å². The summed E-state index contributed by atoms with van der Waals surface area (Å²) in [6.45, 7) is 4.66. The third-order valence-corrected chi connectivity index (χ3v) is 6.18. The number of hydrogen-bond acceptors (Lipinski definition) is 4. The number of carbonyl (C=O) groups is 1. The number of amides is 1. The number of nitrogens with zero attached hydrogens (tertiary/aromatic N) is 1. The highest BCUT2D eigenvalue weighted by Crippen LogP contribution is 2.51. The van der Waals surface area contributed by atoms with Crippen LogP contribution >= 0.6 is 0 Å². The van der Waals surface area contributed by atoms with Crippen LogP contribution in [0, 0.1) is 24.7 Å². The number of carbonyl (C=O) groups excluding carboxylic acids is 1. The van der Waals surface area contributed by atoms with Crippen molar-refractivity contribution in [2.75, 3.05) is 6.61 Å². The highest BCUT2D eigenvalue weighted by Gasteiger charge is 2.57. The molecular formula is C18H26N2O3. The molecule has 0 unspecified atom stereocenters. The summed E-state index contributed by atoms with van der Waals surface area (Å²) < 4.78 is 11.2. The molecule has 2 heterocycles. The van der Waals surface area contributed by atoms with E-state index in [4.69, 9.17) is 9.26 Å². The third kappa shape index (κ3) is 2.40. The molecule has 5 nitrogen and oxygen atoms in total. The number of nitrogens with one attached hydrogen (secondary N) is 1. The minimum atomic E-state index is -0.0149. The number of ether oxygens (including phenoxy) is 1. The fourth-order valence-electron chi connectivity index (χ4n) is 5.03. The molecule has 3 fully saturated rings. The summed E-state index contributed by atoms with van der Waals surface area (Å²) in [5.41, 5.74) is 1.40. The molecule has 2 aliphatic carbocycles. The van der Waals surface area contributed by atoms with Crippen molar-refractivity contribution in [3.05, 3.63) is 17.0 Å². The van der Waals surface area contributed by atoms with E-state index in [1.165, 1.54) is 25.7 Å². The van der Waals surface area contributed by atoms with E-state index in [-0.39, 0.29) is 11.9 Å². The summed E-state index contributed by atoms with van der Waals surface area (Å²) in [5, 5.41) is 7.32. The summed E-state index contributed by atoms with van der Waals surface area (Å²) in [6, 6.07) is 0.261. The van der Waals surface area contributed by atoms with Crippen LogP contribution < -0.4 is 5.32 Å². The minimum Gasteiger partial charge on any atom is -0.377 e. The van der Waals surface area contributed by atoms with Crippen LogP contribution in [0.2, 0.25) is 0 Å². The van der Waals surface area contributed by atoms with Gasteiger partial charge in [0.05, 0.1) is 11.8 Å². The summed E-state index contributed by atoms with van der Waals surface area (Å²) in [6.07, 6.45) is 7.38. The maximum atomic E-state index is 12.8. The molecule has 3 aliphatic rings. The number of fused-ring (bicyclic) bond motifs is 1. The van der Waals surface area contributed by atoms with Gasteiger partial charge >= 0.3 is 0 Å². The van der Waals surface area contributed by atoms with E-state index in [1.54, 1.807) is 0 Å². The van der Waals surface area contributed by atoms with Gasteiger partial charge in [0, 0.05) is 24.5 Å². The fourth-order valence-corrected chi connectivity index (χ4v) is 5.03. The van der Waals surface area contributed by atoms with Crippen LogP contribution in [0.4, 0.5) is 0 Å². The first kappa shape index (κ1) is 15.2. The van der Waals surface area contributed by atoms with E-state index in [0.29, 0.717) is 41.6 Å². The SMILES string of the molecule is CCc1noc(C)c1C(=O)N[C@@H]1[C@H]2CCO[C@H]2[C@H]1C1CCCC1. The Hall–Kier alpha value is -1.36. The van der Waals surface area contributed by atoms with Crippen molar-refractivity contribution in [3.63, 3.8) is 0 Å². The average Bonchev–Trinajstić information content (AvgIpc) is 3.25. The minimum absolute atomic E-state index is 0.0149. The van der Waals surface area contributed by atoms with Crippen molar-refractivity contribution in [1.82, 2.24) is 10.5 Å². The van der Waals surface area contributed by atoms with E-state index in [9.17, 15) is 4.79 Å². The fraction of sp³-hybridized carbons (Fsp3) is 0.778. The summed E-state index contributed by atoms with van der Waals surface area (Å²) in [5.74, 6) is 2.32. The van der Waals surface area contributed by atoms with Gasteiger partial charge in [0.15, 0.2) is 0 Å². The van der Waals surface area contributed by atoms with Gasteiger partial charge in [-0.15, -0.1) is 0 Å². The lowest BCUT2D eigenvalue weighted by atomic mass is 9.61. The summed E-state index contributed by atoms with van der Waals surface area (Å²) in [4.78, 5) is 12.8. The van der Waals surface area contributed by atoms with Crippen LogP contribution in [0.25, 0.3) is 0 Å². The van der Waals surface area contributed by atoms with Crippen molar-refractivity contribution < 1.29 is 14.1 Å². The normalized spacial score (nSPS) is 33.5. The highest BCUT2D eigenvalue weighted by molar-refractivity contribution is 5.96. The lowest BCUT2D eigenvalue weighted by Gasteiger charge is -2.50. The molecule has 1 aromatic rings. The Morgan fingerprint density at radius 2 is 2.09 bits per heavy atom. The first-order valence-corrected chi connectivity index (χ1v) is 9.08. The Morgan fingerprint density at radius 1 is 1.30 bits per heavy atom. The van der Waals surface area contributed by atoms with Crippen molar-refractivity contribution >= 4 is 5.91 Å². The molecule has 2 saturated carbocycles. The second-order valence-electron chi connectivity index (χ2n) is 7.32. The van der Waals surface area contributed by atoms with Gasteiger partial charge in [-0.1, -0.05) is 37.8 Å². The van der Waals surface area contributed by atoms with E-state index in [2.05, 4.69) is 10.5 Å². The van der Waals surface area contributed by atoms with Gasteiger partial charge in [-0.2, -0.15) is 0 Å². The topological polar surface area (TPSA) is 64.4 Å². The highest BCUT2D eigenvalue weighted by atomic mass is 16.5. The molecule has 126 valence electrons. The van der Waals surface area contributed by atoms with Gasteiger partial charge in [-0.3, -0.25) is 4.79 Å². The first-order chi connectivity index (χ1) is 11.2. The quantitative estimate of drug-likeness (QED) is 0.927. The average molecular weight is 318 g/mol. The van der Waals surface area contributed by atoms with E-state index in [1.807, 2.05) is 13.8 Å². The maximum absolute atomic E-state index is 12.8. The van der Waals surface area contributed by atoms with Crippen molar-refractivity contribution in [2.24, 2.45) is 17.8 Å². The molecule has 4 rings (SSSR count). The Labute approximate surface area is 137 Å². The van der Waals surface area contributed by atoms with Gasteiger partial charge in [0.2, 0.25) is 0 Å². The van der Waals surface area contributed by atoms with Gasteiger partial charge < -0.3 is 14.6 Å². The molecule has 1 saturated heterocycles. The van der Waals surface area contributed by atoms with E-state index < -0.39 is 0 Å². The lowest BCUT2D eigenvalue weighted by Crippen LogP contribution is -2.63. The largest absolute Gasteiger partial charge is 0.377 e. The Kier molecular flexibility index (Phi) is 3.92. The zero-order chi connectivity index (χ0) is 16.0. The Balaban J connectivity index is 1.52. The molecule has 1 amide bonds. The van der Waals surface area contributed by atoms with Crippen molar-refractivity contribution in [3.8, 4) is 0 Å². The molecule has 4 atom stereocenters. The monoisotopic (exact) mass is 318 g/mol. The lowest BCUT2D eigenvalue weighted by molar-refractivity contribution is -0.0784. The second-order valence-corrected chi connectivity index (χ2v) is 7.32. The van der Waals surface area contributed by atoms with Crippen LogP contribution in [-0.2, 0) is 11.2 Å². The van der Waals surface area contributed by atoms with Crippen LogP contribution in [0.1, 0.15) is 60.8 Å². The molecule has 0 aromatic carbocycles. The Morgan fingerprint density at radius 3 is 2.83 bits per heavy atom. The zero-order valence-electron chi connectivity index (χ0n) is 14.0. The molecule has 0 radical (unpaired) electrons. The molecule has 1 aliphatic heterocycles. The van der Waals surface area contributed by atoms with Crippen molar-refractivity contribution in [2.45, 2.75) is 64.5 Å². The third-order valence-electron chi connectivity index (χ3n) is 6.18. The van der Waals surface area contributed by atoms with Gasteiger partial charge in [-0.05, 0) is 25.7 Å². The summed E-state index contributed by atoms with van der Waals surface area (Å²) in [7, 11) is 0. The maximum Gasteiger partial charge on any atom is 0.257 e. The smallest absolute Gasteiger partial charge is 0.257 e. The molecule has 0 bridgehead atoms. The molecule has 1 aromatic heterocycles. The zero-order valence-corrected chi connectivity index (χ0v) is 14.0. The van der Waals surface area contributed by atoms with Gasteiger partial charge in [0.25, 0.3) is 5.91 Å². The van der Waals surface area contributed by atoms with Crippen LogP contribution in [0.15, 0.2) is 4.52 Å². The molecular weight excluding hydrogens is 292 g/mol. The predicted octanol–water partition coefficient (Wildman–Crippen LogP) is 2.87. The molecule has 5 heteroatoms. The van der Waals surface area contributed by atoms with Crippen molar-refractivity contribution in [1.29, 1.82) is 0 Å².